The van der Waals surface area contributed by atoms with Crippen LogP contribution in [-0.4, -0.2) is 11.8 Å². The lowest BCUT2D eigenvalue weighted by atomic mass is 10.3. The molecule has 0 saturated carbocycles. The summed E-state index contributed by atoms with van der Waals surface area (Å²) >= 11 is 1.95. The highest BCUT2D eigenvalue weighted by Crippen LogP contribution is 2.33. The summed E-state index contributed by atoms with van der Waals surface area (Å²) in [6, 6.07) is 8.46. The van der Waals surface area contributed by atoms with E-state index in [9.17, 15) is 0 Å². The number of rotatable bonds is 0. The normalized spacial score (nSPS) is 22.1. The largest absolute Gasteiger partial charge is 0.383 e. The Hall–Kier alpha value is -0.630. The van der Waals surface area contributed by atoms with Crippen LogP contribution in [0.25, 0.3) is 0 Å². The SMILES string of the molecule is CC1CNc2ccccc2S1. The lowest BCUT2D eigenvalue weighted by Crippen LogP contribution is -2.17. The summed E-state index contributed by atoms with van der Waals surface area (Å²) in [6.45, 7) is 3.33. The minimum Gasteiger partial charge on any atom is -0.383 e. The Morgan fingerprint density at radius 3 is 3.18 bits per heavy atom. The van der Waals surface area contributed by atoms with Gasteiger partial charge in [-0.2, -0.15) is 0 Å². The minimum atomic E-state index is 0.699. The summed E-state index contributed by atoms with van der Waals surface area (Å²) in [4.78, 5) is 1.38. The first-order valence-electron chi connectivity index (χ1n) is 3.86. The molecule has 1 heterocycles. The van der Waals surface area contributed by atoms with E-state index >= 15 is 0 Å². The number of nitrogens with one attached hydrogen (secondary N) is 1. The smallest absolute Gasteiger partial charge is 0.0478 e. The molecule has 1 N–H and O–H groups in total. The second-order valence-corrected chi connectivity index (χ2v) is 4.29. The Morgan fingerprint density at radius 1 is 1.45 bits per heavy atom. The summed E-state index contributed by atoms with van der Waals surface area (Å²) in [6.07, 6.45) is 0. The van der Waals surface area contributed by atoms with Crippen LogP contribution < -0.4 is 5.32 Å². The van der Waals surface area contributed by atoms with E-state index in [1.165, 1.54) is 10.6 Å². The average molecular weight is 165 g/mol. The quantitative estimate of drug-likeness (QED) is 0.634. The first-order valence-corrected chi connectivity index (χ1v) is 4.74. The van der Waals surface area contributed by atoms with Crippen LogP contribution in [0.3, 0.4) is 0 Å². The number of thioether (sulfide) groups is 1. The van der Waals surface area contributed by atoms with Crippen LogP contribution in [-0.2, 0) is 0 Å². The molecule has 1 aromatic carbocycles. The van der Waals surface area contributed by atoms with Crippen LogP contribution in [0.15, 0.2) is 29.2 Å². The first-order chi connectivity index (χ1) is 5.36. The zero-order valence-corrected chi connectivity index (χ0v) is 7.32. The Labute approximate surface area is 71.2 Å². The van der Waals surface area contributed by atoms with Gasteiger partial charge in [-0.1, -0.05) is 19.1 Å². The number of benzene rings is 1. The predicted octanol–water partition coefficient (Wildman–Crippen LogP) is 2.59. The minimum absolute atomic E-state index is 0.699. The van der Waals surface area contributed by atoms with Gasteiger partial charge >= 0.3 is 0 Å². The van der Waals surface area contributed by atoms with Crippen molar-refractivity contribution in [1.82, 2.24) is 0 Å². The number of fused-ring (bicyclic) bond motifs is 1. The highest BCUT2D eigenvalue weighted by atomic mass is 32.2. The molecular weight excluding hydrogens is 154 g/mol. The Balaban J connectivity index is 2.34. The molecule has 2 rings (SSSR count). The summed E-state index contributed by atoms with van der Waals surface area (Å²) in [7, 11) is 0. The summed E-state index contributed by atoms with van der Waals surface area (Å²) in [5.41, 5.74) is 1.29. The van der Waals surface area contributed by atoms with Crippen molar-refractivity contribution in [3.05, 3.63) is 24.3 Å². The van der Waals surface area contributed by atoms with Gasteiger partial charge in [0, 0.05) is 22.4 Å². The highest BCUT2D eigenvalue weighted by Gasteiger charge is 2.13. The second-order valence-electron chi connectivity index (χ2n) is 2.81. The van der Waals surface area contributed by atoms with Crippen LogP contribution >= 0.6 is 11.8 Å². The lowest BCUT2D eigenvalue weighted by Gasteiger charge is -2.22. The van der Waals surface area contributed by atoms with Gasteiger partial charge in [-0.05, 0) is 12.1 Å². The highest BCUT2D eigenvalue weighted by molar-refractivity contribution is 8.00. The number of para-hydroxylation sites is 1. The molecule has 0 amide bonds. The Bertz CT molecular complexity index is 259. The van der Waals surface area contributed by atoms with E-state index in [4.69, 9.17) is 0 Å². The standard InChI is InChI=1S/C9H11NS/c1-7-6-10-8-4-2-3-5-9(8)11-7/h2-5,7,10H,6H2,1H3. The van der Waals surface area contributed by atoms with Crippen molar-refractivity contribution in [1.29, 1.82) is 0 Å². The van der Waals surface area contributed by atoms with Crippen LogP contribution in [0.5, 0.6) is 0 Å². The van der Waals surface area contributed by atoms with Gasteiger partial charge in [0.2, 0.25) is 0 Å². The third kappa shape index (κ3) is 1.36. The molecule has 11 heavy (non-hydrogen) atoms. The maximum atomic E-state index is 3.39. The van der Waals surface area contributed by atoms with E-state index in [1.807, 2.05) is 11.8 Å². The van der Waals surface area contributed by atoms with E-state index < -0.39 is 0 Å². The lowest BCUT2D eigenvalue weighted by molar-refractivity contribution is 0.975. The molecule has 0 aromatic heterocycles. The number of hydrogen-bond donors (Lipinski definition) is 1. The Kier molecular flexibility index (Phi) is 1.78. The van der Waals surface area contributed by atoms with Crippen molar-refractivity contribution < 1.29 is 0 Å². The molecule has 0 spiro atoms. The van der Waals surface area contributed by atoms with Gasteiger partial charge < -0.3 is 5.32 Å². The summed E-state index contributed by atoms with van der Waals surface area (Å²) in [5, 5.41) is 4.09. The predicted molar refractivity (Wildman–Crippen MR) is 50.3 cm³/mol. The van der Waals surface area contributed by atoms with Gasteiger partial charge in [0.25, 0.3) is 0 Å². The molecule has 0 fully saturated rings. The molecule has 1 nitrogen and oxygen atoms in total. The van der Waals surface area contributed by atoms with Crippen molar-refractivity contribution in [2.24, 2.45) is 0 Å². The fourth-order valence-corrected chi connectivity index (χ4v) is 2.25. The topological polar surface area (TPSA) is 12.0 Å². The monoisotopic (exact) mass is 165 g/mol. The third-order valence-electron chi connectivity index (χ3n) is 1.80. The zero-order valence-electron chi connectivity index (χ0n) is 6.50. The van der Waals surface area contributed by atoms with Gasteiger partial charge in [-0.15, -0.1) is 11.8 Å². The Morgan fingerprint density at radius 2 is 2.27 bits per heavy atom. The van der Waals surface area contributed by atoms with Crippen molar-refractivity contribution in [2.45, 2.75) is 17.1 Å². The molecular formula is C9H11NS. The maximum absolute atomic E-state index is 3.39. The van der Waals surface area contributed by atoms with Crippen molar-refractivity contribution >= 4 is 17.4 Å². The van der Waals surface area contributed by atoms with Crippen LogP contribution in [0.1, 0.15) is 6.92 Å². The second kappa shape index (κ2) is 2.78. The van der Waals surface area contributed by atoms with E-state index in [-0.39, 0.29) is 0 Å². The molecule has 0 bridgehead atoms. The first kappa shape index (κ1) is 7.04. The molecule has 1 aromatic rings. The molecule has 0 saturated heterocycles. The van der Waals surface area contributed by atoms with Gasteiger partial charge in [-0.3, -0.25) is 0 Å². The van der Waals surface area contributed by atoms with Crippen molar-refractivity contribution in [3.8, 4) is 0 Å². The van der Waals surface area contributed by atoms with Gasteiger partial charge in [0.05, 0.1) is 0 Å². The zero-order chi connectivity index (χ0) is 7.68. The molecule has 58 valence electrons. The fraction of sp³-hybridized carbons (Fsp3) is 0.333. The molecule has 1 aliphatic heterocycles. The average Bonchev–Trinajstić information content (AvgIpc) is 2.04. The molecule has 0 radical (unpaired) electrons. The molecule has 0 aliphatic carbocycles. The van der Waals surface area contributed by atoms with Gasteiger partial charge in [0.15, 0.2) is 0 Å². The maximum Gasteiger partial charge on any atom is 0.0478 e. The van der Waals surface area contributed by atoms with Crippen molar-refractivity contribution in [2.75, 3.05) is 11.9 Å². The number of anilines is 1. The van der Waals surface area contributed by atoms with Crippen molar-refractivity contribution in [3.63, 3.8) is 0 Å². The summed E-state index contributed by atoms with van der Waals surface area (Å²) in [5.74, 6) is 0. The van der Waals surface area contributed by atoms with Gasteiger partial charge in [0.1, 0.15) is 0 Å². The van der Waals surface area contributed by atoms with E-state index in [2.05, 4.69) is 36.5 Å². The number of hydrogen-bond acceptors (Lipinski definition) is 2. The van der Waals surface area contributed by atoms with E-state index in [0.717, 1.165) is 6.54 Å². The van der Waals surface area contributed by atoms with Crippen LogP contribution in [0.2, 0.25) is 0 Å². The van der Waals surface area contributed by atoms with E-state index in [0.29, 0.717) is 5.25 Å². The van der Waals surface area contributed by atoms with Crippen LogP contribution in [0.4, 0.5) is 5.69 Å². The van der Waals surface area contributed by atoms with Gasteiger partial charge in [-0.25, -0.2) is 0 Å². The molecule has 2 heteroatoms. The third-order valence-corrected chi connectivity index (χ3v) is 2.97. The fourth-order valence-electron chi connectivity index (χ4n) is 1.23. The summed E-state index contributed by atoms with van der Waals surface area (Å²) < 4.78 is 0. The molecule has 1 atom stereocenters. The molecule has 1 aliphatic rings. The van der Waals surface area contributed by atoms with Crippen LogP contribution in [0, 0.1) is 0 Å². The van der Waals surface area contributed by atoms with E-state index in [1.54, 1.807) is 0 Å². The molecule has 1 unspecified atom stereocenters.